The van der Waals surface area contributed by atoms with Gasteiger partial charge in [-0.2, -0.15) is 0 Å². The monoisotopic (exact) mass is 213 g/mol. The molecule has 1 saturated heterocycles. The quantitative estimate of drug-likeness (QED) is 0.741. The number of hydrogen-bond donors (Lipinski definition) is 1. The van der Waals surface area contributed by atoms with Crippen LogP contribution in [-0.4, -0.2) is 32.5 Å². The summed E-state index contributed by atoms with van der Waals surface area (Å²) in [7, 11) is -2.75. The predicted octanol–water partition coefficient (Wildman–Crippen LogP) is 0.451. The van der Waals surface area contributed by atoms with Crippen molar-refractivity contribution in [1.82, 2.24) is 5.32 Å². The third-order valence-corrected chi connectivity index (χ3v) is 4.13. The maximum absolute atomic E-state index is 11.1. The minimum absolute atomic E-state index is 0. The van der Waals surface area contributed by atoms with Crippen LogP contribution in [0.15, 0.2) is 0 Å². The summed E-state index contributed by atoms with van der Waals surface area (Å²) in [5.74, 6) is 0.980. The molecule has 1 fully saturated rings. The van der Waals surface area contributed by atoms with Crippen LogP contribution in [0.25, 0.3) is 0 Å². The molecule has 0 amide bonds. The third kappa shape index (κ3) is 2.92. The summed E-state index contributed by atoms with van der Waals surface area (Å²) in [5, 5.41) is 3.14. The summed E-state index contributed by atoms with van der Waals surface area (Å²) in [6.07, 6.45) is 0. The topological polar surface area (TPSA) is 46.2 Å². The first-order valence-corrected chi connectivity index (χ1v) is 5.81. The standard InChI is InChI=1S/C7H15NO2S.ClH/c1-3-11(9,10)5-7-4-8-6(7)2;/h6-8H,3-5H2,1-2H3;1H/t6-,7-;/m1./s1. The third-order valence-electron chi connectivity index (χ3n) is 2.32. The van der Waals surface area contributed by atoms with Gasteiger partial charge >= 0.3 is 0 Å². The molecule has 5 heteroatoms. The highest BCUT2D eigenvalue weighted by molar-refractivity contribution is 7.91. The summed E-state index contributed by atoms with van der Waals surface area (Å²) in [6.45, 7) is 4.59. The van der Waals surface area contributed by atoms with Gasteiger partial charge < -0.3 is 5.32 Å². The van der Waals surface area contributed by atoms with Crippen LogP contribution < -0.4 is 5.32 Å². The van der Waals surface area contributed by atoms with Gasteiger partial charge in [-0.15, -0.1) is 12.4 Å². The van der Waals surface area contributed by atoms with E-state index in [1.807, 2.05) is 6.92 Å². The van der Waals surface area contributed by atoms with E-state index < -0.39 is 9.84 Å². The van der Waals surface area contributed by atoms with Crippen molar-refractivity contribution in [2.24, 2.45) is 5.92 Å². The molecule has 0 aromatic carbocycles. The van der Waals surface area contributed by atoms with Crippen LogP contribution in [0.3, 0.4) is 0 Å². The molecular formula is C7H16ClNO2S. The molecule has 1 aliphatic rings. The SMILES string of the molecule is CCS(=O)(=O)C[C@H]1CN[C@@H]1C.Cl. The lowest BCUT2D eigenvalue weighted by molar-refractivity contribution is 0.276. The Kier molecular flexibility index (Phi) is 4.51. The average Bonchev–Trinajstić information content (AvgIpc) is 1.98. The molecule has 1 heterocycles. The second-order valence-corrected chi connectivity index (χ2v) is 5.55. The number of rotatable bonds is 3. The molecule has 0 aromatic heterocycles. The summed E-state index contributed by atoms with van der Waals surface area (Å²) in [5.41, 5.74) is 0. The minimum atomic E-state index is -2.75. The lowest BCUT2D eigenvalue weighted by Gasteiger charge is -2.35. The fourth-order valence-corrected chi connectivity index (χ4v) is 2.46. The molecule has 1 rings (SSSR count). The van der Waals surface area contributed by atoms with Gasteiger partial charge in [-0.25, -0.2) is 8.42 Å². The van der Waals surface area contributed by atoms with E-state index >= 15 is 0 Å². The summed E-state index contributed by atoms with van der Waals surface area (Å²) < 4.78 is 22.2. The van der Waals surface area contributed by atoms with E-state index in [-0.39, 0.29) is 18.2 Å². The van der Waals surface area contributed by atoms with Crippen LogP contribution in [0.1, 0.15) is 13.8 Å². The number of nitrogens with one attached hydrogen (secondary N) is 1. The van der Waals surface area contributed by atoms with Crippen LogP contribution in [-0.2, 0) is 9.84 Å². The lowest BCUT2D eigenvalue weighted by Crippen LogP contribution is -2.53. The molecule has 0 unspecified atom stereocenters. The zero-order chi connectivity index (χ0) is 8.48. The molecule has 1 N–H and O–H groups in total. The Morgan fingerprint density at radius 1 is 1.50 bits per heavy atom. The number of halogens is 1. The van der Waals surface area contributed by atoms with Crippen molar-refractivity contribution in [2.45, 2.75) is 19.9 Å². The van der Waals surface area contributed by atoms with E-state index in [2.05, 4.69) is 5.32 Å². The largest absolute Gasteiger partial charge is 0.314 e. The summed E-state index contributed by atoms with van der Waals surface area (Å²) in [4.78, 5) is 0. The van der Waals surface area contributed by atoms with Gasteiger partial charge in [0, 0.05) is 24.3 Å². The zero-order valence-electron chi connectivity index (χ0n) is 7.41. The first kappa shape index (κ1) is 12.2. The van der Waals surface area contributed by atoms with Gasteiger partial charge in [0.25, 0.3) is 0 Å². The van der Waals surface area contributed by atoms with Crippen molar-refractivity contribution in [3.8, 4) is 0 Å². The molecule has 0 bridgehead atoms. The lowest BCUT2D eigenvalue weighted by atomic mass is 9.96. The van der Waals surface area contributed by atoms with E-state index in [1.165, 1.54) is 0 Å². The van der Waals surface area contributed by atoms with Crippen LogP contribution in [0.5, 0.6) is 0 Å². The van der Waals surface area contributed by atoms with Gasteiger partial charge in [0.05, 0.1) is 5.75 Å². The van der Waals surface area contributed by atoms with E-state index in [4.69, 9.17) is 0 Å². The maximum Gasteiger partial charge on any atom is 0.150 e. The normalized spacial score (nSPS) is 28.8. The average molecular weight is 214 g/mol. The molecular weight excluding hydrogens is 198 g/mol. The molecule has 1 aliphatic heterocycles. The first-order chi connectivity index (χ1) is 5.05. The van der Waals surface area contributed by atoms with Gasteiger partial charge in [-0.05, 0) is 6.92 Å². The molecule has 0 aliphatic carbocycles. The van der Waals surface area contributed by atoms with Gasteiger partial charge in [0.1, 0.15) is 9.84 Å². The van der Waals surface area contributed by atoms with E-state index in [9.17, 15) is 8.42 Å². The Bertz CT molecular complexity index is 228. The van der Waals surface area contributed by atoms with E-state index in [0.717, 1.165) is 6.54 Å². The fraction of sp³-hybridized carbons (Fsp3) is 1.00. The summed E-state index contributed by atoms with van der Waals surface area (Å²) in [6, 6.07) is 0.385. The maximum atomic E-state index is 11.1. The molecule has 12 heavy (non-hydrogen) atoms. The molecule has 0 saturated carbocycles. The second kappa shape index (κ2) is 4.44. The Morgan fingerprint density at radius 3 is 2.33 bits per heavy atom. The highest BCUT2D eigenvalue weighted by atomic mass is 35.5. The number of sulfone groups is 1. The molecule has 74 valence electrons. The molecule has 2 atom stereocenters. The van der Waals surface area contributed by atoms with Crippen molar-refractivity contribution in [1.29, 1.82) is 0 Å². The molecule has 0 aromatic rings. The zero-order valence-corrected chi connectivity index (χ0v) is 9.04. The van der Waals surface area contributed by atoms with Crippen LogP contribution in [0.2, 0.25) is 0 Å². The number of hydrogen-bond acceptors (Lipinski definition) is 3. The molecule has 0 spiro atoms. The van der Waals surface area contributed by atoms with E-state index in [0.29, 0.717) is 17.7 Å². The van der Waals surface area contributed by atoms with Crippen molar-refractivity contribution in [2.75, 3.05) is 18.1 Å². The van der Waals surface area contributed by atoms with Crippen molar-refractivity contribution < 1.29 is 8.42 Å². The van der Waals surface area contributed by atoms with Gasteiger partial charge in [0.15, 0.2) is 0 Å². The minimum Gasteiger partial charge on any atom is -0.314 e. The van der Waals surface area contributed by atoms with E-state index in [1.54, 1.807) is 6.92 Å². The molecule has 0 radical (unpaired) electrons. The Hall–Kier alpha value is 0.200. The first-order valence-electron chi connectivity index (χ1n) is 3.99. The van der Waals surface area contributed by atoms with Crippen LogP contribution >= 0.6 is 12.4 Å². The van der Waals surface area contributed by atoms with Gasteiger partial charge in [0.2, 0.25) is 0 Å². The Labute approximate surface area is 80.3 Å². The highest BCUT2D eigenvalue weighted by Gasteiger charge is 2.29. The van der Waals surface area contributed by atoms with Gasteiger partial charge in [-0.1, -0.05) is 6.92 Å². The molecule has 3 nitrogen and oxygen atoms in total. The summed E-state index contributed by atoms with van der Waals surface area (Å²) >= 11 is 0. The van der Waals surface area contributed by atoms with Crippen molar-refractivity contribution >= 4 is 22.2 Å². The highest BCUT2D eigenvalue weighted by Crippen LogP contribution is 2.14. The smallest absolute Gasteiger partial charge is 0.150 e. The second-order valence-electron chi connectivity index (χ2n) is 3.16. The van der Waals surface area contributed by atoms with Crippen LogP contribution in [0, 0.1) is 5.92 Å². The predicted molar refractivity (Wildman–Crippen MR) is 52.5 cm³/mol. The van der Waals surface area contributed by atoms with Gasteiger partial charge in [-0.3, -0.25) is 0 Å². The fourth-order valence-electron chi connectivity index (χ4n) is 1.17. The Balaban J connectivity index is 0.00000121. The van der Waals surface area contributed by atoms with Crippen LogP contribution in [0.4, 0.5) is 0 Å². The van der Waals surface area contributed by atoms with Crippen molar-refractivity contribution in [3.05, 3.63) is 0 Å². The van der Waals surface area contributed by atoms with Crippen molar-refractivity contribution in [3.63, 3.8) is 0 Å². The Morgan fingerprint density at radius 2 is 2.08 bits per heavy atom.